The zero-order valence-corrected chi connectivity index (χ0v) is 14.3. The summed E-state index contributed by atoms with van der Waals surface area (Å²) in [6, 6.07) is 4.53. The summed E-state index contributed by atoms with van der Waals surface area (Å²) in [4.78, 5) is 25.5. The molecule has 0 aromatic heterocycles. The summed E-state index contributed by atoms with van der Waals surface area (Å²) in [7, 11) is -1.32. The van der Waals surface area contributed by atoms with Gasteiger partial charge in [-0.2, -0.15) is 0 Å². The monoisotopic (exact) mass is 362 g/mol. The lowest BCUT2D eigenvalue weighted by Crippen LogP contribution is -2.58. The highest BCUT2D eigenvalue weighted by Crippen LogP contribution is 2.30. The number of likely N-dealkylation sites (tertiary alicyclic amines) is 1. The van der Waals surface area contributed by atoms with E-state index in [1.54, 1.807) is 12.1 Å². The van der Waals surface area contributed by atoms with Gasteiger partial charge >= 0.3 is 13.1 Å². The molecule has 2 aliphatic heterocycles. The van der Waals surface area contributed by atoms with Crippen molar-refractivity contribution in [1.82, 2.24) is 10.2 Å². The lowest BCUT2D eigenvalue weighted by Gasteiger charge is -2.35. The molecule has 0 bridgehead atoms. The Labute approximate surface area is 151 Å². The fourth-order valence-corrected chi connectivity index (χ4v) is 3.39. The van der Waals surface area contributed by atoms with E-state index < -0.39 is 19.0 Å². The van der Waals surface area contributed by atoms with Gasteiger partial charge in [0.25, 0.3) is 0 Å². The quantitative estimate of drug-likeness (QED) is 0.393. The molecule has 3 atom stereocenters. The summed E-state index contributed by atoms with van der Waals surface area (Å²) < 4.78 is 5.37. The Morgan fingerprint density at radius 1 is 1.35 bits per heavy atom. The maximum Gasteiger partial charge on any atom is 0.547 e. The van der Waals surface area contributed by atoms with E-state index in [2.05, 4.69) is 5.32 Å². The molecule has 3 unspecified atom stereocenters. The molecule has 1 aromatic rings. The van der Waals surface area contributed by atoms with Crippen molar-refractivity contribution < 1.29 is 24.4 Å². The van der Waals surface area contributed by atoms with E-state index >= 15 is 0 Å². The van der Waals surface area contributed by atoms with Gasteiger partial charge in [-0.1, -0.05) is 12.1 Å². The summed E-state index contributed by atoms with van der Waals surface area (Å²) in [6.07, 6.45) is 1.02. The minimum Gasteiger partial charge on any atom is -0.534 e. The van der Waals surface area contributed by atoms with Crippen molar-refractivity contribution in [3.05, 3.63) is 29.3 Å². The summed E-state index contributed by atoms with van der Waals surface area (Å²) >= 11 is 0. The lowest BCUT2D eigenvalue weighted by atomic mass is 9.72. The third kappa shape index (κ3) is 3.99. The molecule has 7 N–H and O–H groups in total. The van der Waals surface area contributed by atoms with Gasteiger partial charge in [-0.25, -0.2) is 4.79 Å². The van der Waals surface area contributed by atoms with Crippen LogP contribution in [0.25, 0.3) is 0 Å². The number of para-hydroxylation sites is 1. The number of carboxylic acid groups (broad SMARTS) is 1. The number of nitrogens with one attached hydrogen (secondary N) is 1. The number of rotatable bonds is 4. The van der Waals surface area contributed by atoms with Crippen molar-refractivity contribution in [1.29, 1.82) is 0 Å². The molecule has 1 amide bonds. The third-order valence-electron chi connectivity index (χ3n) is 4.86. The fraction of sp³-hybridized carbons (Fsp3) is 0.500. The van der Waals surface area contributed by atoms with Crippen LogP contribution < -0.4 is 21.4 Å². The Morgan fingerprint density at radius 2 is 2.12 bits per heavy atom. The molecule has 0 aliphatic carbocycles. The number of aromatic carboxylic acids is 1. The third-order valence-corrected chi connectivity index (χ3v) is 4.86. The number of fused-ring (bicyclic) bond motifs is 1. The van der Waals surface area contributed by atoms with Crippen LogP contribution in [-0.4, -0.2) is 71.7 Å². The highest BCUT2D eigenvalue weighted by atomic mass is 16.5. The Hall–Kier alpha value is -2.14. The van der Waals surface area contributed by atoms with Crippen LogP contribution in [0, 0.1) is 0 Å². The molecule has 3 rings (SSSR count). The number of carbonyl (C=O) groups is 2. The average molecular weight is 362 g/mol. The Balaban J connectivity index is 1.61. The molecule has 140 valence electrons. The maximum absolute atomic E-state index is 12.3. The molecule has 1 aromatic carbocycles. The number of amides is 1. The molecule has 9 nitrogen and oxygen atoms in total. The van der Waals surface area contributed by atoms with Gasteiger partial charge in [-0.05, 0) is 24.5 Å². The minimum atomic E-state index is -1.32. The van der Waals surface area contributed by atoms with Gasteiger partial charge in [-0.15, -0.1) is 0 Å². The fourth-order valence-electron chi connectivity index (χ4n) is 3.39. The molecule has 1 saturated heterocycles. The average Bonchev–Trinajstić information content (AvgIpc) is 2.58. The van der Waals surface area contributed by atoms with Gasteiger partial charge in [0.15, 0.2) is 0 Å². The summed E-state index contributed by atoms with van der Waals surface area (Å²) in [5, 5.41) is 22.1. The molecule has 2 heterocycles. The van der Waals surface area contributed by atoms with E-state index in [9.17, 15) is 19.7 Å². The smallest absolute Gasteiger partial charge is 0.534 e. The second kappa shape index (κ2) is 7.62. The number of piperidine rings is 1. The highest BCUT2D eigenvalue weighted by Gasteiger charge is 2.38. The van der Waals surface area contributed by atoms with Crippen molar-refractivity contribution in [2.45, 2.75) is 30.9 Å². The van der Waals surface area contributed by atoms with Crippen molar-refractivity contribution in [2.75, 3.05) is 19.6 Å². The van der Waals surface area contributed by atoms with Crippen LogP contribution in [0.1, 0.15) is 22.3 Å². The number of benzene rings is 1. The predicted molar refractivity (Wildman–Crippen MR) is 94.6 cm³/mol. The second-order valence-electron chi connectivity index (χ2n) is 6.84. The van der Waals surface area contributed by atoms with Crippen LogP contribution in [0.5, 0.6) is 5.75 Å². The van der Waals surface area contributed by atoms with E-state index in [4.69, 9.17) is 16.1 Å². The molecule has 10 heteroatoms. The first-order chi connectivity index (χ1) is 12.3. The first kappa shape index (κ1) is 18.6. The second-order valence-corrected chi connectivity index (χ2v) is 6.84. The zero-order valence-electron chi connectivity index (χ0n) is 14.3. The van der Waals surface area contributed by atoms with Crippen LogP contribution in [0.15, 0.2) is 18.2 Å². The molecular weight excluding hydrogens is 339 g/mol. The number of nitrogens with two attached hydrogens (primary N) is 2. The number of carbonyl (C=O) groups excluding carboxylic acids is 1. The summed E-state index contributed by atoms with van der Waals surface area (Å²) in [5.74, 6) is -1.89. The molecule has 1 fully saturated rings. The topological polar surface area (TPSA) is 151 Å². The van der Waals surface area contributed by atoms with Gasteiger partial charge in [0.2, 0.25) is 5.91 Å². The van der Waals surface area contributed by atoms with Gasteiger partial charge in [0, 0.05) is 25.2 Å². The van der Waals surface area contributed by atoms with E-state index in [1.165, 1.54) is 6.07 Å². The molecule has 0 radical (unpaired) electrons. The van der Waals surface area contributed by atoms with Gasteiger partial charge < -0.3 is 31.6 Å². The highest BCUT2D eigenvalue weighted by molar-refractivity contribution is 6.47. The Morgan fingerprint density at radius 3 is 2.81 bits per heavy atom. The van der Waals surface area contributed by atoms with E-state index in [1.807, 2.05) is 4.90 Å². The van der Waals surface area contributed by atoms with Crippen molar-refractivity contribution in [3.8, 4) is 5.75 Å². The van der Waals surface area contributed by atoms with Crippen molar-refractivity contribution in [3.63, 3.8) is 0 Å². The lowest BCUT2D eigenvalue weighted by molar-refractivity contribution is -0.123. The normalized spacial score (nSPS) is 26.0. The van der Waals surface area contributed by atoms with Gasteiger partial charge in [0.1, 0.15) is 5.75 Å². The number of carboxylic acids is 1. The van der Waals surface area contributed by atoms with Crippen LogP contribution in [0.3, 0.4) is 0 Å². The first-order valence-electron chi connectivity index (χ1n) is 8.58. The molecule has 0 saturated carbocycles. The Kier molecular flexibility index (Phi) is 5.47. The van der Waals surface area contributed by atoms with E-state index in [0.29, 0.717) is 18.7 Å². The van der Waals surface area contributed by atoms with Crippen LogP contribution >= 0.6 is 0 Å². The molecule has 26 heavy (non-hydrogen) atoms. The standard InChI is InChI=1S/C16H23BN4O5/c18-11-4-5-21(7-12(11)19)8-14(22)20-13-6-9-2-1-3-10(16(23)24)15(9)26-17(13)25/h1-3,11-13,25H,4-8,18-19H2,(H,20,22)(H,23,24). The SMILES string of the molecule is NC1CCN(CC(=O)NC2Cc3cccc(C(=O)O)c3OB2O)CC1N. The van der Waals surface area contributed by atoms with E-state index in [-0.39, 0.29) is 42.3 Å². The van der Waals surface area contributed by atoms with Crippen molar-refractivity contribution in [2.24, 2.45) is 11.5 Å². The Bertz CT molecular complexity index is 703. The number of nitrogens with zero attached hydrogens (tertiary/aromatic N) is 1. The number of hydrogen-bond acceptors (Lipinski definition) is 7. The van der Waals surface area contributed by atoms with Gasteiger partial charge in [-0.3, -0.25) is 9.69 Å². The van der Waals surface area contributed by atoms with Crippen LogP contribution in [0.4, 0.5) is 0 Å². The predicted octanol–water partition coefficient (Wildman–Crippen LogP) is -1.82. The van der Waals surface area contributed by atoms with E-state index in [0.717, 1.165) is 6.42 Å². The maximum atomic E-state index is 12.3. The largest absolute Gasteiger partial charge is 0.547 e. The zero-order chi connectivity index (χ0) is 18.8. The summed E-state index contributed by atoms with van der Waals surface area (Å²) in [6.45, 7) is 1.39. The van der Waals surface area contributed by atoms with Gasteiger partial charge in [0.05, 0.1) is 18.0 Å². The van der Waals surface area contributed by atoms with Crippen LogP contribution in [-0.2, 0) is 11.2 Å². The molecule has 0 spiro atoms. The summed E-state index contributed by atoms with van der Waals surface area (Å²) in [5.41, 5.74) is 12.4. The minimum absolute atomic E-state index is 0.00929. The molecule has 2 aliphatic rings. The number of hydrogen-bond donors (Lipinski definition) is 5. The van der Waals surface area contributed by atoms with Crippen LogP contribution in [0.2, 0.25) is 0 Å². The molecular formula is C16H23BN4O5. The van der Waals surface area contributed by atoms with Crippen molar-refractivity contribution >= 4 is 19.0 Å². The first-order valence-corrected chi connectivity index (χ1v) is 8.58.